The molecule has 0 aliphatic rings. The standard InChI is InChI=1S/C12H21ClO2/c1-15-12(9-11-14)8-6-4-2-3-5-7-10-13/h9,11H,2-8,10H2,1H3/b12-9-. The monoisotopic (exact) mass is 232 g/mol. The first-order chi connectivity index (χ1) is 7.35. The number of unbranched alkanes of at least 4 members (excludes halogenated alkanes) is 5. The van der Waals surface area contributed by atoms with E-state index in [9.17, 15) is 4.79 Å². The molecular weight excluding hydrogens is 212 g/mol. The van der Waals surface area contributed by atoms with E-state index in [2.05, 4.69) is 0 Å². The van der Waals surface area contributed by atoms with E-state index in [-0.39, 0.29) is 0 Å². The van der Waals surface area contributed by atoms with E-state index in [4.69, 9.17) is 16.3 Å². The van der Waals surface area contributed by atoms with Crippen molar-refractivity contribution in [3.05, 3.63) is 11.8 Å². The number of carbonyl (C=O) groups is 1. The Kier molecular flexibility index (Phi) is 11.2. The Labute approximate surface area is 97.6 Å². The maximum atomic E-state index is 10.2. The molecule has 0 N–H and O–H groups in total. The number of rotatable bonds is 10. The quantitative estimate of drug-likeness (QED) is 0.189. The molecule has 0 aliphatic heterocycles. The Balaban J connectivity index is 3.29. The van der Waals surface area contributed by atoms with E-state index < -0.39 is 0 Å². The fourth-order valence-electron chi connectivity index (χ4n) is 1.43. The molecule has 0 aromatic heterocycles. The van der Waals surface area contributed by atoms with E-state index in [0.717, 1.165) is 37.2 Å². The first-order valence-electron chi connectivity index (χ1n) is 5.59. The number of hydrogen-bond acceptors (Lipinski definition) is 2. The summed E-state index contributed by atoms with van der Waals surface area (Å²) in [5.74, 6) is 1.56. The maximum absolute atomic E-state index is 10.2. The van der Waals surface area contributed by atoms with Gasteiger partial charge in [-0.3, -0.25) is 4.79 Å². The van der Waals surface area contributed by atoms with Crippen LogP contribution in [-0.2, 0) is 9.53 Å². The van der Waals surface area contributed by atoms with E-state index in [1.54, 1.807) is 7.11 Å². The number of methoxy groups -OCH3 is 1. The number of hydrogen-bond donors (Lipinski definition) is 0. The van der Waals surface area contributed by atoms with Gasteiger partial charge in [0.15, 0.2) is 0 Å². The summed E-state index contributed by atoms with van der Waals surface area (Å²) in [5.41, 5.74) is 0. The van der Waals surface area contributed by atoms with Gasteiger partial charge in [0.1, 0.15) is 6.29 Å². The van der Waals surface area contributed by atoms with Crippen molar-refractivity contribution in [3.8, 4) is 0 Å². The summed E-state index contributed by atoms with van der Waals surface area (Å²) in [6, 6.07) is 0. The minimum atomic E-state index is 0.774. The smallest absolute Gasteiger partial charge is 0.146 e. The summed E-state index contributed by atoms with van der Waals surface area (Å²) < 4.78 is 5.05. The van der Waals surface area contributed by atoms with Crippen molar-refractivity contribution >= 4 is 17.9 Å². The predicted octanol–water partition coefficient (Wildman–Crippen LogP) is 3.69. The Hall–Kier alpha value is -0.500. The molecule has 0 amide bonds. The van der Waals surface area contributed by atoms with Gasteiger partial charge in [0.05, 0.1) is 12.9 Å². The molecule has 0 rings (SSSR count). The minimum Gasteiger partial charge on any atom is -0.501 e. The molecule has 0 fully saturated rings. The lowest BCUT2D eigenvalue weighted by Gasteiger charge is -2.04. The highest BCUT2D eigenvalue weighted by molar-refractivity contribution is 6.17. The van der Waals surface area contributed by atoms with Crippen molar-refractivity contribution < 1.29 is 9.53 Å². The third kappa shape index (κ3) is 9.80. The average Bonchev–Trinajstić information content (AvgIpc) is 2.26. The second kappa shape index (κ2) is 11.6. The molecule has 0 spiro atoms. The van der Waals surface area contributed by atoms with Crippen LogP contribution in [0, 0.1) is 0 Å². The molecule has 0 aromatic carbocycles. The van der Waals surface area contributed by atoms with Crippen molar-refractivity contribution in [1.82, 2.24) is 0 Å². The number of carbonyl (C=O) groups excluding carboxylic acids is 1. The van der Waals surface area contributed by atoms with E-state index in [1.807, 2.05) is 0 Å². The number of aldehydes is 1. The molecule has 88 valence electrons. The third-order valence-corrected chi connectivity index (χ3v) is 2.59. The zero-order chi connectivity index (χ0) is 11.4. The minimum absolute atomic E-state index is 0.774. The Morgan fingerprint density at radius 1 is 1.13 bits per heavy atom. The zero-order valence-electron chi connectivity index (χ0n) is 9.51. The van der Waals surface area contributed by atoms with Gasteiger partial charge in [-0.1, -0.05) is 25.7 Å². The molecule has 3 heteroatoms. The summed E-state index contributed by atoms with van der Waals surface area (Å²) in [4.78, 5) is 10.2. The van der Waals surface area contributed by atoms with Crippen molar-refractivity contribution in [2.75, 3.05) is 13.0 Å². The Bertz CT molecular complexity index is 178. The molecule has 15 heavy (non-hydrogen) atoms. The molecule has 0 unspecified atom stereocenters. The molecule has 0 aliphatic carbocycles. The SMILES string of the molecule is CO/C(=C\C=O)CCCCCCCCCl. The lowest BCUT2D eigenvalue weighted by atomic mass is 10.1. The lowest BCUT2D eigenvalue weighted by molar-refractivity contribution is -0.104. The molecule has 0 atom stereocenters. The molecule has 0 heterocycles. The van der Waals surface area contributed by atoms with Gasteiger partial charge in [-0.15, -0.1) is 11.6 Å². The van der Waals surface area contributed by atoms with Gasteiger partial charge in [-0.25, -0.2) is 0 Å². The average molecular weight is 233 g/mol. The highest BCUT2D eigenvalue weighted by Crippen LogP contribution is 2.11. The van der Waals surface area contributed by atoms with Crippen LogP contribution in [0.1, 0.15) is 44.9 Å². The number of ether oxygens (including phenoxy) is 1. The fraction of sp³-hybridized carbons (Fsp3) is 0.750. The number of allylic oxidation sites excluding steroid dienone is 2. The first-order valence-corrected chi connectivity index (χ1v) is 6.13. The lowest BCUT2D eigenvalue weighted by Crippen LogP contribution is -1.89. The summed E-state index contributed by atoms with van der Waals surface area (Å²) in [7, 11) is 1.61. The summed E-state index contributed by atoms with van der Waals surface area (Å²) in [5, 5.41) is 0. The van der Waals surface area contributed by atoms with Crippen LogP contribution in [0.5, 0.6) is 0 Å². The molecule has 0 saturated heterocycles. The van der Waals surface area contributed by atoms with Crippen molar-refractivity contribution in [1.29, 1.82) is 0 Å². The molecule has 0 bridgehead atoms. The Morgan fingerprint density at radius 3 is 2.27 bits per heavy atom. The second-order valence-corrected chi connectivity index (χ2v) is 3.91. The van der Waals surface area contributed by atoms with Gasteiger partial charge in [0.2, 0.25) is 0 Å². The first kappa shape index (κ1) is 14.5. The molecule has 0 radical (unpaired) electrons. The van der Waals surface area contributed by atoms with Crippen LogP contribution < -0.4 is 0 Å². The number of halogens is 1. The second-order valence-electron chi connectivity index (χ2n) is 3.53. The number of alkyl halides is 1. The summed E-state index contributed by atoms with van der Waals surface area (Å²) >= 11 is 5.58. The third-order valence-electron chi connectivity index (χ3n) is 2.32. The maximum Gasteiger partial charge on any atom is 0.146 e. The fourth-order valence-corrected chi connectivity index (χ4v) is 1.62. The Morgan fingerprint density at radius 2 is 1.73 bits per heavy atom. The van der Waals surface area contributed by atoms with E-state index in [1.165, 1.54) is 31.8 Å². The van der Waals surface area contributed by atoms with Crippen LogP contribution >= 0.6 is 11.6 Å². The van der Waals surface area contributed by atoms with Crippen molar-refractivity contribution in [2.45, 2.75) is 44.9 Å². The summed E-state index contributed by atoms with van der Waals surface area (Å²) in [6.45, 7) is 0. The predicted molar refractivity (Wildman–Crippen MR) is 64.2 cm³/mol. The van der Waals surface area contributed by atoms with Gasteiger partial charge in [0, 0.05) is 18.4 Å². The normalized spacial score (nSPS) is 11.5. The van der Waals surface area contributed by atoms with Gasteiger partial charge >= 0.3 is 0 Å². The van der Waals surface area contributed by atoms with Gasteiger partial charge < -0.3 is 4.74 Å². The van der Waals surface area contributed by atoms with Crippen LogP contribution in [0.25, 0.3) is 0 Å². The van der Waals surface area contributed by atoms with Crippen LogP contribution in [0.15, 0.2) is 11.8 Å². The van der Waals surface area contributed by atoms with E-state index >= 15 is 0 Å². The van der Waals surface area contributed by atoms with Crippen LogP contribution in [0.4, 0.5) is 0 Å². The van der Waals surface area contributed by atoms with Crippen LogP contribution in [0.2, 0.25) is 0 Å². The largest absolute Gasteiger partial charge is 0.501 e. The van der Waals surface area contributed by atoms with Gasteiger partial charge in [-0.05, 0) is 12.8 Å². The van der Waals surface area contributed by atoms with Crippen LogP contribution in [-0.4, -0.2) is 19.3 Å². The van der Waals surface area contributed by atoms with E-state index in [0.29, 0.717) is 0 Å². The van der Waals surface area contributed by atoms with Gasteiger partial charge in [-0.2, -0.15) is 0 Å². The zero-order valence-corrected chi connectivity index (χ0v) is 10.3. The van der Waals surface area contributed by atoms with Crippen molar-refractivity contribution in [2.24, 2.45) is 0 Å². The molecular formula is C12H21ClO2. The highest BCUT2D eigenvalue weighted by atomic mass is 35.5. The molecule has 2 nitrogen and oxygen atoms in total. The topological polar surface area (TPSA) is 26.3 Å². The highest BCUT2D eigenvalue weighted by Gasteiger charge is 1.96. The van der Waals surface area contributed by atoms with Crippen LogP contribution in [0.3, 0.4) is 0 Å². The molecule has 0 saturated carbocycles. The molecule has 0 aromatic rings. The van der Waals surface area contributed by atoms with Gasteiger partial charge in [0.25, 0.3) is 0 Å². The summed E-state index contributed by atoms with van der Waals surface area (Å²) in [6.07, 6.45) is 10.3. The van der Waals surface area contributed by atoms with Crippen molar-refractivity contribution in [3.63, 3.8) is 0 Å².